The molecule has 0 amide bonds. The molecular weight excluding hydrogens is 181 g/mol. The number of fused-ring (bicyclic) bond motifs is 1. The number of hydrogen-bond donors (Lipinski definition) is 0. The third-order valence-electron chi connectivity index (χ3n) is 4.04. The van der Waals surface area contributed by atoms with Crippen LogP contribution in [0.2, 0.25) is 0 Å². The summed E-state index contributed by atoms with van der Waals surface area (Å²) in [7, 11) is 1.76. The van der Waals surface area contributed by atoms with Crippen LogP contribution in [0.1, 0.15) is 26.7 Å². The van der Waals surface area contributed by atoms with E-state index in [2.05, 4.69) is 18.7 Å². The van der Waals surface area contributed by atoms with E-state index in [-0.39, 0.29) is 5.54 Å². The molecule has 2 rings (SSSR count). The number of ether oxygens (including phenoxy) is 1. The van der Waals surface area contributed by atoms with Crippen LogP contribution >= 0.6 is 0 Å². The average Bonchev–Trinajstić information content (AvgIpc) is 2.57. The molecule has 2 saturated heterocycles. The van der Waals surface area contributed by atoms with Gasteiger partial charge in [0, 0.05) is 25.7 Å². The van der Waals surface area contributed by atoms with Crippen LogP contribution in [0.4, 0.5) is 4.39 Å². The minimum Gasteiger partial charge on any atom is -0.380 e. The van der Waals surface area contributed by atoms with Crippen molar-refractivity contribution in [3.63, 3.8) is 0 Å². The predicted molar refractivity (Wildman–Crippen MR) is 54.1 cm³/mol. The molecule has 0 aromatic heterocycles. The van der Waals surface area contributed by atoms with E-state index in [0.29, 0.717) is 25.0 Å². The fourth-order valence-electron chi connectivity index (χ4n) is 3.17. The van der Waals surface area contributed by atoms with Gasteiger partial charge in [0.25, 0.3) is 0 Å². The maximum absolute atomic E-state index is 13.4. The van der Waals surface area contributed by atoms with Gasteiger partial charge in [-0.3, -0.25) is 4.90 Å². The Morgan fingerprint density at radius 1 is 1.36 bits per heavy atom. The van der Waals surface area contributed by atoms with Crippen molar-refractivity contribution in [1.82, 2.24) is 4.90 Å². The highest BCUT2D eigenvalue weighted by Gasteiger charge is 2.53. The summed E-state index contributed by atoms with van der Waals surface area (Å²) in [6.07, 6.45) is 1.38. The molecule has 0 saturated carbocycles. The molecule has 0 radical (unpaired) electrons. The Morgan fingerprint density at radius 2 is 2.07 bits per heavy atom. The Kier molecular flexibility index (Phi) is 2.56. The van der Waals surface area contributed by atoms with Crippen molar-refractivity contribution in [2.45, 2.75) is 44.5 Å². The van der Waals surface area contributed by atoms with Gasteiger partial charge in [-0.2, -0.15) is 0 Å². The van der Waals surface area contributed by atoms with Crippen molar-refractivity contribution in [3.8, 4) is 0 Å². The highest BCUT2D eigenvalue weighted by molar-refractivity contribution is 5.08. The lowest BCUT2D eigenvalue weighted by Crippen LogP contribution is -2.42. The summed E-state index contributed by atoms with van der Waals surface area (Å²) in [6.45, 7) is 5.92. The number of alkyl halides is 1. The van der Waals surface area contributed by atoms with Crippen molar-refractivity contribution in [1.29, 1.82) is 0 Å². The zero-order chi connectivity index (χ0) is 10.3. The summed E-state index contributed by atoms with van der Waals surface area (Å²) in [5, 5.41) is 0. The molecule has 0 N–H and O–H groups in total. The van der Waals surface area contributed by atoms with Crippen LogP contribution in [0, 0.1) is 5.92 Å². The molecule has 0 aromatic carbocycles. The van der Waals surface area contributed by atoms with Gasteiger partial charge in [-0.1, -0.05) is 13.8 Å². The Balaban J connectivity index is 2.17. The largest absolute Gasteiger partial charge is 0.380 e. The van der Waals surface area contributed by atoms with Crippen LogP contribution in [-0.2, 0) is 4.74 Å². The smallest absolute Gasteiger partial charge is 0.115 e. The quantitative estimate of drug-likeness (QED) is 0.676. The van der Waals surface area contributed by atoms with Crippen LogP contribution in [-0.4, -0.2) is 42.9 Å². The molecule has 2 nitrogen and oxygen atoms in total. The van der Waals surface area contributed by atoms with Gasteiger partial charge in [0.1, 0.15) is 6.17 Å². The lowest BCUT2D eigenvalue weighted by atomic mass is 9.82. The monoisotopic (exact) mass is 201 g/mol. The van der Waals surface area contributed by atoms with Crippen molar-refractivity contribution in [2.75, 3.05) is 20.2 Å². The van der Waals surface area contributed by atoms with E-state index in [1.807, 2.05) is 0 Å². The Hall–Kier alpha value is -0.150. The fourth-order valence-corrected chi connectivity index (χ4v) is 3.17. The number of methoxy groups -OCH3 is 1. The molecule has 0 aliphatic carbocycles. The first-order valence-corrected chi connectivity index (χ1v) is 5.50. The number of hydrogen-bond acceptors (Lipinski definition) is 2. The summed E-state index contributed by atoms with van der Waals surface area (Å²) < 4.78 is 18.8. The fraction of sp³-hybridized carbons (Fsp3) is 1.00. The molecule has 0 unspecified atom stereocenters. The lowest BCUT2D eigenvalue weighted by Gasteiger charge is -2.35. The maximum Gasteiger partial charge on any atom is 0.115 e. The van der Waals surface area contributed by atoms with Gasteiger partial charge in [-0.25, -0.2) is 4.39 Å². The molecule has 2 aliphatic heterocycles. The summed E-state index contributed by atoms with van der Waals surface area (Å²) in [4.78, 5) is 2.30. The molecule has 0 aromatic rings. The molecule has 14 heavy (non-hydrogen) atoms. The molecule has 3 heteroatoms. The molecule has 2 fully saturated rings. The van der Waals surface area contributed by atoms with Crippen molar-refractivity contribution < 1.29 is 9.13 Å². The van der Waals surface area contributed by atoms with Crippen LogP contribution < -0.4 is 0 Å². The molecule has 2 heterocycles. The Labute approximate surface area is 85.4 Å². The van der Waals surface area contributed by atoms with Gasteiger partial charge in [-0.05, 0) is 18.8 Å². The average molecular weight is 201 g/mol. The van der Waals surface area contributed by atoms with Gasteiger partial charge in [0.15, 0.2) is 0 Å². The highest BCUT2D eigenvalue weighted by atomic mass is 19.1. The van der Waals surface area contributed by atoms with E-state index in [4.69, 9.17) is 4.74 Å². The third kappa shape index (κ3) is 1.38. The molecule has 2 aliphatic rings. The normalized spacial score (nSPS) is 43.5. The second kappa shape index (κ2) is 3.46. The lowest BCUT2D eigenvalue weighted by molar-refractivity contribution is 0.102. The molecule has 82 valence electrons. The van der Waals surface area contributed by atoms with E-state index < -0.39 is 6.17 Å². The zero-order valence-corrected chi connectivity index (χ0v) is 9.29. The van der Waals surface area contributed by atoms with Gasteiger partial charge in [0.2, 0.25) is 0 Å². The maximum atomic E-state index is 13.4. The first-order chi connectivity index (χ1) is 6.58. The second-order valence-corrected chi connectivity index (χ2v) is 5.03. The topological polar surface area (TPSA) is 12.5 Å². The van der Waals surface area contributed by atoms with E-state index in [9.17, 15) is 4.39 Å². The van der Waals surface area contributed by atoms with Crippen molar-refractivity contribution >= 4 is 0 Å². The molecular formula is C11H20FNO. The molecule has 0 spiro atoms. The van der Waals surface area contributed by atoms with Gasteiger partial charge in [0.05, 0.1) is 6.10 Å². The summed E-state index contributed by atoms with van der Waals surface area (Å²) >= 11 is 0. The van der Waals surface area contributed by atoms with Crippen LogP contribution in [0.15, 0.2) is 0 Å². The van der Waals surface area contributed by atoms with Crippen molar-refractivity contribution in [2.24, 2.45) is 5.92 Å². The van der Waals surface area contributed by atoms with Gasteiger partial charge in [-0.15, -0.1) is 0 Å². The summed E-state index contributed by atoms with van der Waals surface area (Å²) in [5.74, 6) is 0.517. The Morgan fingerprint density at radius 3 is 2.57 bits per heavy atom. The minimum atomic E-state index is -0.629. The number of nitrogens with zero attached hydrogens (tertiary/aromatic N) is 1. The minimum absolute atomic E-state index is 0.0834. The zero-order valence-electron chi connectivity index (χ0n) is 9.29. The predicted octanol–water partition coefficient (Wildman–Crippen LogP) is 1.84. The first-order valence-electron chi connectivity index (χ1n) is 5.50. The number of halogens is 1. The van der Waals surface area contributed by atoms with E-state index in [0.717, 1.165) is 13.0 Å². The molecule has 3 atom stereocenters. The van der Waals surface area contributed by atoms with Gasteiger partial charge >= 0.3 is 0 Å². The van der Waals surface area contributed by atoms with E-state index in [1.54, 1.807) is 7.11 Å². The van der Waals surface area contributed by atoms with Crippen LogP contribution in [0.3, 0.4) is 0 Å². The van der Waals surface area contributed by atoms with E-state index in [1.165, 1.54) is 0 Å². The van der Waals surface area contributed by atoms with Gasteiger partial charge < -0.3 is 4.74 Å². The van der Waals surface area contributed by atoms with E-state index >= 15 is 0 Å². The number of rotatable bonds is 2. The molecule has 0 bridgehead atoms. The SMILES string of the molecule is CO[C@H]1CN2C[C@@H](F)C[C@@]2(C(C)C)C1. The van der Waals surface area contributed by atoms with Crippen molar-refractivity contribution in [3.05, 3.63) is 0 Å². The Bertz CT molecular complexity index is 221. The summed E-state index contributed by atoms with van der Waals surface area (Å²) in [6, 6.07) is 0. The first kappa shape index (κ1) is 10.4. The van der Waals surface area contributed by atoms with Crippen LogP contribution in [0.5, 0.6) is 0 Å². The standard InChI is InChI=1S/C11H20FNO/c1-8(2)11-4-9(12)6-13(11)7-10(5-11)14-3/h8-10H,4-7H2,1-3H3/t9-,10+,11-/m0/s1. The van der Waals surface area contributed by atoms with Crippen LogP contribution in [0.25, 0.3) is 0 Å². The second-order valence-electron chi connectivity index (χ2n) is 5.03. The summed E-state index contributed by atoms with van der Waals surface area (Å²) in [5.41, 5.74) is 0.0834. The third-order valence-corrected chi connectivity index (χ3v) is 4.04. The highest BCUT2D eigenvalue weighted by Crippen LogP contribution is 2.45.